The highest BCUT2D eigenvalue weighted by atomic mass is 16.4. The molecule has 0 atom stereocenters. The summed E-state index contributed by atoms with van der Waals surface area (Å²) >= 11 is 0. The minimum atomic E-state index is -0.958. The van der Waals surface area contributed by atoms with E-state index in [1.54, 1.807) is 12.1 Å². The Bertz CT molecular complexity index is 432. The van der Waals surface area contributed by atoms with Crippen LogP contribution >= 0.6 is 0 Å². The van der Waals surface area contributed by atoms with Crippen molar-refractivity contribution in [2.24, 2.45) is 0 Å². The molecule has 0 bridgehead atoms. The predicted molar refractivity (Wildman–Crippen MR) is 56.3 cm³/mol. The van der Waals surface area contributed by atoms with Gasteiger partial charge in [0.05, 0.1) is 11.3 Å². The molecule has 1 aromatic rings. The molecular weight excluding hydrogens is 192 g/mol. The average Bonchev–Trinajstić information content (AvgIpc) is 2.30. The Morgan fingerprint density at radius 2 is 2.33 bits per heavy atom. The zero-order valence-corrected chi connectivity index (χ0v) is 7.97. The molecule has 15 heavy (non-hydrogen) atoms. The van der Waals surface area contributed by atoms with E-state index >= 15 is 0 Å². The molecule has 4 nitrogen and oxygen atoms in total. The molecule has 0 amide bonds. The van der Waals surface area contributed by atoms with Gasteiger partial charge >= 0.3 is 5.97 Å². The van der Waals surface area contributed by atoms with Gasteiger partial charge in [0.25, 0.3) is 0 Å². The topological polar surface area (TPSA) is 62.2 Å². The fourth-order valence-electron chi connectivity index (χ4n) is 1.32. The van der Waals surface area contributed by atoms with Crippen LogP contribution in [-0.4, -0.2) is 22.6 Å². The normalized spacial score (nSPS) is 14.3. The first-order valence-electron chi connectivity index (χ1n) is 4.57. The van der Waals surface area contributed by atoms with E-state index in [-0.39, 0.29) is 5.56 Å². The molecule has 2 rings (SSSR count). The van der Waals surface area contributed by atoms with Gasteiger partial charge in [0, 0.05) is 24.5 Å². The fourth-order valence-corrected chi connectivity index (χ4v) is 1.32. The zero-order chi connectivity index (χ0) is 10.7. The first-order chi connectivity index (χ1) is 7.27. The molecule has 0 aromatic carbocycles. The minimum absolute atomic E-state index is 0.201. The second-order valence-corrected chi connectivity index (χ2v) is 3.15. The predicted octanol–water partition coefficient (Wildman–Crippen LogP) is 1.28. The fraction of sp³-hybridized carbons (Fsp3) is 0.0909. The lowest BCUT2D eigenvalue weighted by Crippen LogP contribution is -2.09. The van der Waals surface area contributed by atoms with Crippen LogP contribution in [0.3, 0.4) is 0 Å². The summed E-state index contributed by atoms with van der Waals surface area (Å²) < 4.78 is 0. The SMILES string of the molecule is O=C(O)c1ccc(C2=CNCC=C2)nc1. The van der Waals surface area contributed by atoms with Gasteiger partial charge in [-0.15, -0.1) is 0 Å². The van der Waals surface area contributed by atoms with Crippen molar-refractivity contribution in [2.75, 3.05) is 6.54 Å². The number of carboxylic acids is 1. The molecule has 0 saturated carbocycles. The van der Waals surface area contributed by atoms with Gasteiger partial charge in [0.15, 0.2) is 0 Å². The van der Waals surface area contributed by atoms with Crippen LogP contribution in [0.4, 0.5) is 0 Å². The molecule has 0 saturated heterocycles. The molecule has 1 aliphatic rings. The lowest BCUT2D eigenvalue weighted by atomic mass is 10.1. The van der Waals surface area contributed by atoms with Gasteiger partial charge in [0.1, 0.15) is 0 Å². The summed E-state index contributed by atoms with van der Waals surface area (Å²) in [5.41, 5.74) is 1.92. The van der Waals surface area contributed by atoms with Gasteiger partial charge in [-0.1, -0.05) is 12.2 Å². The summed E-state index contributed by atoms with van der Waals surface area (Å²) in [6, 6.07) is 3.25. The maximum absolute atomic E-state index is 10.6. The van der Waals surface area contributed by atoms with Crippen LogP contribution in [0.2, 0.25) is 0 Å². The van der Waals surface area contributed by atoms with Crippen LogP contribution in [0.25, 0.3) is 5.57 Å². The third-order valence-corrected chi connectivity index (χ3v) is 2.10. The monoisotopic (exact) mass is 202 g/mol. The third kappa shape index (κ3) is 2.04. The van der Waals surface area contributed by atoms with Crippen molar-refractivity contribution in [1.82, 2.24) is 10.3 Å². The van der Waals surface area contributed by atoms with Crippen molar-refractivity contribution in [3.05, 3.63) is 47.9 Å². The van der Waals surface area contributed by atoms with Crippen molar-refractivity contribution in [1.29, 1.82) is 0 Å². The molecule has 1 aromatic heterocycles. The van der Waals surface area contributed by atoms with Crippen LogP contribution in [0, 0.1) is 0 Å². The third-order valence-electron chi connectivity index (χ3n) is 2.10. The van der Waals surface area contributed by atoms with Crippen molar-refractivity contribution in [3.8, 4) is 0 Å². The lowest BCUT2D eigenvalue weighted by molar-refractivity contribution is 0.0696. The molecule has 2 N–H and O–H groups in total. The Kier molecular flexibility index (Phi) is 2.49. The van der Waals surface area contributed by atoms with Gasteiger partial charge in [-0.05, 0) is 12.1 Å². The number of rotatable bonds is 2. The number of allylic oxidation sites excluding steroid dienone is 2. The highest BCUT2D eigenvalue weighted by Gasteiger charge is 2.05. The van der Waals surface area contributed by atoms with E-state index in [9.17, 15) is 4.79 Å². The molecule has 0 fully saturated rings. The summed E-state index contributed by atoms with van der Waals surface area (Å²) in [6.45, 7) is 0.816. The number of dihydropyridines is 1. The molecule has 0 aliphatic carbocycles. The summed E-state index contributed by atoms with van der Waals surface area (Å²) in [5.74, 6) is -0.958. The van der Waals surface area contributed by atoms with E-state index in [1.807, 2.05) is 18.4 Å². The van der Waals surface area contributed by atoms with Crippen LogP contribution in [0.5, 0.6) is 0 Å². The first-order valence-corrected chi connectivity index (χ1v) is 4.57. The molecular formula is C11H10N2O2. The van der Waals surface area contributed by atoms with Crippen molar-refractivity contribution in [2.45, 2.75) is 0 Å². The number of nitrogens with zero attached hydrogens (tertiary/aromatic N) is 1. The van der Waals surface area contributed by atoms with Gasteiger partial charge in [-0.3, -0.25) is 4.98 Å². The second kappa shape index (κ2) is 3.96. The first kappa shape index (κ1) is 9.45. The van der Waals surface area contributed by atoms with Crippen molar-refractivity contribution < 1.29 is 9.90 Å². The average molecular weight is 202 g/mol. The van der Waals surface area contributed by atoms with Crippen molar-refractivity contribution >= 4 is 11.5 Å². The number of carbonyl (C=O) groups is 1. The molecule has 4 heteroatoms. The summed E-state index contributed by atoms with van der Waals surface area (Å²) in [6.07, 6.45) is 7.17. The molecule has 76 valence electrons. The number of aromatic nitrogens is 1. The quantitative estimate of drug-likeness (QED) is 0.758. The van der Waals surface area contributed by atoms with Crippen LogP contribution in [-0.2, 0) is 0 Å². The van der Waals surface area contributed by atoms with E-state index in [2.05, 4.69) is 10.3 Å². The standard InChI is InChI=1S/C11H10N2O2/c14-11(15)9-3-4-10(13-7-9)8-2-1-5-12-6-8/h1-4,6-7,12H,5H2,(H,14,15). The smallest absolute Gasteiger partial charge is 0.337 e. The van der Waals surface area contributed by atoms with Gasteiger partial charge in [-0.2, -0.15) is 0 Å². The van der Waals surface area contributed by atoms with Gasteiger partial charge in [-0.25, -0.2) is 4.79 Å². The zero-order valence-electron chi connectivity index (χ0n) is 7.97. The number of hydrogen-bond acceptors (Lipinski definition) is 3. The summed E-state index contributed by atoms with van der Waals surface area (Å²) in [4.78, 5) is 14.7. The highest BCUT2D eigenvalue weighted by molar-refractivity contribution is 5.87. The Balaban J connectivity index is 2.27. The Hall–Kier alpha value is -2.10. The van der Waals surface area contributed by atoms with Crippen molar-refractivity contribution in [3.63, 3.8) is 0 Å². The molecule has 2 heterocycles. The molecule has 0 radical (unpaired) electrons. The molecule has 0 unspecified atom stereocenters. The van der Waals surface area contributed by atoms with E-state index in [0.29, 0.717) is 0 Å². The van der Waals surface area contributed by atoms with Crippen LogP contribution in [0.1, 0.15) is 16.1 Å². The molecule has 1 aliphatic heterocycles. The Morgan fingerprint density at radius 1 is 1.47 bits per heavy atom. The van der Waals surface area contributed by atoms with E-state index in [1.165, 1.54) is 6.20 Å². The minimum Gasteiger partial charge on any atom is -0.478 e. The summed E-state index contributed by atoms with van der Waals surface area (Å²) in [5, 5.41) is 11.8. The number of carboxylic acid groups (broad SMARTS) is 1. The highest BCUT2D eigenvalue weighted by Crippen LogP contribution is 2.14. The van der Waals surface area contributed by atoms with Gasteiger partial charge < -0.3 is 10.4 Å². The summed E-state index contributed by atoms with van der Waals surface area (Å²) in [7, 11) is 0. The van der Waals surface area contributed by atoms with Gasteiger partial charge in [0.2, 0.25) is 0 Å². The maximum atomic E-state index is 10.6. The second-order valence-electron chi connectivity index (χ2n) is 3.15. The lowest BCUT2D eigenvalue weighted by Gasteiger charge is -2.07. The maximum Gasteiger partial charge on any atom is 0.337 e. The number of nitrogens with one attached hydrogen (secondary N) is 1. The van der Waals surface area contributed by atoms with E-state index in [4.69, 9.17) is 5.11 Å². The van der Waals surface area contributed by atoms with E-state index < -0.39 is 5.97 Å². The number of aromatic carboxylic acids is 1. The van der Waals surface area contributed by atoms with E-state index in [0.717, 1.165) is 17.8 Å². The molecule has 0 spiro atoms. The Morgan fingerprint density at radius 3 is 2.87 bits per heavy atom. The number of hydrogen-bond donors (Lipinski definition) is 2. The number of pyridine rings is 1. The Labute approximate surface area is 87.0 Å². The van der Waals surface area contributed by atoms with Crippen LogP contribution in [0.15, 0.2) is 36.7 Å². The van der Waals surface area contributed by atoms with Crippen LogP contribution < -0.4 is 5.32 Å². The largest absolute Gasteiger partial charge is 0.478 e.